The number of quaternary nitrogens is 1. The summed E-state index contributed by atoms with van der Waals surface area (Å²) in [7, 11) is 0. The Morgan fingerprint density at radius 3 is 2.43 bits per heavy atom. The lowest BCUT2D eigenvalue weighted by Gasteiger charge is -2.54. The monoisotopic (exact) mass is 392 g/mol. The number of aromatic nitrogens is 2. The Bertz CT molecular complexity index is 1050. The van der Waals surface area contributed by atoms with E-state index in [2.05, 4.69) is 27.8 Å². The summed E-state index contributed by atoms with van der Waals surface area (Å²) in [6.07, 6.45) is 8.48. The zero-order valence-corrected chi connectivity index (χ0v) is 16.8. The number of nitrogens with zero attached hydrogens (tertiary/aromatic N) is 1. The molecule has 0 unspecified atom stereocenters. The second kappa shape index (κ2) is 6.26. The Balaban J connectivity index is 1.28. The van der Waals surface area contributed by atoms with Crippen molar-refractivity contribution in [2.75, 3.05) is 0 Å². The highest BCUT2D eigenvalue weighted by Gasteiger charge is 2.53. The van der Waals surface area contributed by atoms with E-state index in [1.165, 1.54) is 38.5 Å². The Morgan fingerprint density at radius 1 is 1.07 bits per heavy atom. The molecule has 0 aliphatic heterocycles. The Labute approximate surface area is 168 Å². The molecule has 2 aromatic heterocycles. The minimum absolute atomic E-state index is 0.000912. The molecule has 0 spiro atoms. The first-order chi connectivity index (χ1) is 13.7. The fourth-order valence-corrected chi connectivity index (χ4v) is 7.63. The molecule has 3 N–H and O–H groups in total. The molecule has 144 valence electrons. The van der Waals surface area contributed by atoms with Crippen molar-refractivity contribution in [2.45, 2.75) is 50.6 Å². The Kier molecular flexibility index (Phi) is 3.78. The van der Waals surface area contributed by atoms with Gasteiger partial charge in [0.15, 0.2) is 5.82 Å². The van der Waals surface area contributed by atoms with Crippen molar-refractivity contribution in [1.29, 1.82) is 0 Å². The topological polar surface area (TPSA) is 62.4 Å². The van der Waals surface area contributed by atoms with Gasteiger partial charge in [0, 0.05) is 30.2 Å². The second-order valence-electron chi connectivity index (χ2n) is 9.40. The van der Waals surface area contributed by atoms with Crippen molar-refractivity contribution in [2.24, 2.45) is 17.8 Å². The minimum atomic E-state index is -0.000912. The first-order valence-corrected chi connectivity index (χ1v) is 11.5. The van der Waals surface area contributed by atoms with Crippen LogP contribution in [0.4, 0.5) is 0 Å². The second-order valence-corrected chi connectivity index (χ2v) is 10.3. The molecule has 2 heterocycles. The molecule has 4 bridgehead atoms. The summed E-state index contributed by atoms with van der Waals surface area (Å²) < 4.78 is 0. The van der Waals surface area contributed by atoms with Crippen molar-refractivity contribution >= 4 is 21.6 Å². The zero-order chi connectivity index (χ0) is 18.7. The summed E-state index contributed by atoms with van der Waals surface area (Å²) in [5, 5.41) is 5.32. The molecule has 4 aliphatic carbocycles. The summed E-state index contributed by atoms with van der Waals surface area (Å²) in [6, 6.07) is 10.1. The van der Waals surface area contributed by atoms with Crippen molar-refractivity contribution in [1.82, 2.24) is 9.97 Å². The summed E-state index contributed by atoms with van der Waals surface area (Å²) >= 11 is 1.58. The number of nitrogens with two attached hydrogens (primary N) is 1. The van der Waals surface area contributed by atoms with Gasteiger partial charge in [0.25, 0.3) is 5.56 Å². The lowest BCUT2D eigenvalue weighted by atomic mass is 9.53. The van der Waals surface area contributed by atoms with Crippen LogP contribution in [0, 0.1) is 17.8 Å². The van der Waals surface area contributed by atoms with Crippen LogP contribution in [0.3, 0.4) is 0 Å². The molecule has 4 fully saturated rings. The van der Waals surface area contributed by atoms with Crippen LogP contribution >= 0.6 is 11.3 Å². The van der Waals surface area contributed by atoms with Crippen LogP contribution < -0.4 is 10.9 Å². The number of benzene rings is 1. The van der Waals surface area contributed by atoms with E-state index in [1.54, 1.807) is 11.3 Å². The minimum Gasteiger partial charge on any atom is -0.335 e. The van der Waals surface area contributed by atoms with Gasteiger partial charge >= 0.3 is 0 Å². The van der Waals surface area contributed by atoms with E-state index in [0.29, 0.717) is 5.54 Å². The molecule has 0 amide bonds. The highest BCUT2D eigenvalue weighted by Crippen LogP contribution is 2.54. The van der Waals surface area contributed by atoms with E-state index in [4.69, 9.17) is 4.98 Å². The number of nitrogens with one attached hydrogen (secondary N) is 1. The van der Waals surface area contributed by atoms with Crippen molar-refractivity contribution in [3.63, 3.8) is 0 Å². The van der Waals surface area contributed by atoms with Crippen molar-refractivity contribution in [3.05, 3.63) is 51.9 Å². The molecule has 28 heavy (non-hydrogen) atoms. The van der Waals surface area contributed by atoms with E-state index in [0.717, 1.165) is 51.5 Å². The third-order valence-corrected chi connectivity index (χ3v) is 8.26. The third kappa shape index (κ3) is 2.75. The van der Waals surface area contributed by atoms with E-state index in [-0.39, 0.29) is 5.56 Å². The Hall–Kier alpha value is -1.98. The first-order valence-electron chi connectivity index (χ1n) is 10.6. The molecule has 0 saturated heterocycles. The van der Waals surface area contributed by atoms with Crippen LogP contribution in [-0.4, -0.2) is 15.5 Å². The van der Waals surface area contributed by atoms with Gasteiger partial charge in [0.05, 0.1) is 10.9 Å². The quantitative estimate of drug-likeness (QED) is 0.711. The molecule has 5 heteroatoms. The lowest BCUT2D eigenvalue weighted by molar-refractivity contribution is -0.753. The lowest BCUT2D eigenvalue weighted by Crippen LogP contribution is -2.97. The smallest absolute Gasteiger partial charge is 0.260 e. The number of thiophene rings is 1. The molecule has 0 atom stereocenters. The molecule has 4 saturated carbocycles. The van der Waals surface area contributed by atoms with Crippen LogP contribution in [0.2, 0.25) is 0 Å². The highest BCUT2D eigenvalue weighted by molar-refractivity contribution is 7.17. The first kappa shape index (κ1) is 16.9. The molecular weight excluding hydrogens is 366 g/mol. The van der Waals surface area contributed by atoms with Crippen LogP contribution in [0.5, 0.6) is 0 Å². The van der Waals surface area contributed by atoms with Gasteiger partial charge < -0.3 is 10.3 Å². The maximum atomic E-state index is 12.9. The molecule has 0 radical (unpaired) electrons. The van der Waals surface area contributed by atoms with Crippen molar-refractivity contribution < 1.29 is 5.32 Å². The van der Waals surface area contributed by atoms with Gasteiger partial charge in [-0.2, -0.15) is 0 Å². The summed E-state index contributed by atoms with van der Waals surface area (Å²) in [5.74, 6) is 3.67. The number of aromatic amines is 1. The fraction of sp³-hybridized carbons (Fsp3) is 0.478. The van der Waals surface area contributed by atoms with E-state index in [1.807, 2.05) is 18.2 Å². The van der Waals surface area contributed by atoms with E-state index >= 15 is 0 Å². The van der Waals surface area contributed by atoms with Gasteiger partial charge in [-0.3, -0.25) is 4.79 Å². The number of H-pyrrole nitrogens is 1. The largest absolute Gasteiger partial charge is 0.335 e. The maximum absolute atomic E-state index is 12.9. The van der Waals surface area contributed by atoms with Gasteiger partial charge in [-0.05, 0) is 42.6 Å². The predicted octanol–water partition coefficient (Wildman–Crippen LogP) is 3.68. The molecule has 3 aromatic rings. The highest BCUT2D eigenvalue weighted by atomic mass is 32.1. The average Bonchev–Trinajstić information content (AvgIpc) is 3.11. The Morgan fingerprint density at radius 2 is 1.75 bits per heavy atom. The van der Waals surface area contributed by atoms with Gasteiger partial charge in [-0.15, -0.1) is 11.3 Å². The number of hydrogen-bond donors (Lipinski definition) is 2. The van der Waals surface area contributed by atoms with E-state index in [9.17, 15) is 4.79 Å². The van der Waals surface area contributed by atoms with Gasteiger partial charge in [-0.1, -0.05) is 30.3 Å². The molecule has 4 nitrogen and oxygen atoms in total. The standard InChI is InChI=1S/C23H25N3OS/c27-21-20-18(17-4-2-1-3-5-17)13-28-22(20)26-19(25-21)12-24-23-9-14-6-15(10-23)8-16(7-14)11-23/h1-5,13-16,24H,6-12H2,(H,25,26,27)/p+1. The summed E-state index contributed by atoms with van der Waals surface area (Å²) in [5.41, 5.74) is 2.48. The van der Waals surface area contributed by atoms with E-state index < -0.39 is 0 Å². The third-order valence-electron chi connectivity index (χ3n) is 7.39. The normalized spacial score (nSPS) is 30.9. The molecule has 4 aliphatic rings. The molecular formula is C23H26N3OS+. The fourth-order valence-electron chi connectivity index (χ4n) is 6.66. The zero-order valence-electron chi connectivity index (χ0n) is 16.0. The number of rotatable bonds is 4. The number of hydrogen-bond acceptors (Lipinski definition) is 3. The van der Waals surface area contributed by atoms with Gasteiger partial charge in [-0.25, -0.2) is 4.98 Å². The van der Waals surface area contributed by atoms with Crippen LogP contribution in [-0.2, 0) is 6.54 Å². The molecule has 1 aromatic carbocycles. The van der Waals surface area contributed by atoms with Crippen LogP contribution in [0.15, 0.2) is 40.5 Å². The summed E-state index contributed by atoms with van der Waals surface area (Å²) in [6.45, 7) is 0.788. The average molecular weight is 393 g/mol. The van der Waals surface area contributed by atoms with Gasteiger partial charge in [0.2, 0.25) is 0 Å². The maximum Gasteiger partial charge on any atom is 0.260 e. The van der Waals surface area contributed by atoms with Crippen LogP contribution in [0.1, 0.15) is 44.3 Å². The number of fused-ring (bicyclic) bond motifs is 1. The predicted molar refractivity (Wildman–Crippen MR) is 112 cm³/mol. The van der Waals surface area contributed by atoms with Gasteiger partial charge in [0.1, 0.15) is 11.4 Å². The van der Waals surface area contributed by atoms with Crippen LogP contribution in [0.25, 0.3) is 21.3 Å². The van der Waals surface area contributed by atoms with Crippen molar-refractivity contribution in [3.8, 4) is 11.1 Å². The summed E-state index contributed by atoms with van der Waals surface area (Å²) in [4.78, 5) is 21.7. The molecule has 7 rings (SSSR count). The SMILES string of the molecule is O=c1[nH]c(C[NH2+]C23CC4CC(CC(C4)C2)C3)nc2scc(-c3ccccc3)c12.